The Labute approximate surface area is 192 Å². The quantitative estimate of drug-likeness (QED) is 0.407. The first-order valence-corrected chi connectivity index (χ1v) is 11.7. The number of hydrogen-bond donors (Lipinski definition) is 1. The molecule has 0 unspecified atom stereocenters. The van der Waals surface area contributed by atoms with Crippen LogP contribution >= 0.6 is 0 Å². The van der Waals surface area contributed by atoms with Crippen molar-refractivity contribution < 1.29 is 0 Å². The summed E-state index contributed by atoms with van der Waals surface area (Å²) < 4.78 is 4.28. The predicted octanol–water partition coefficient (Wildman–Crippen LogP) is 5.24. The van der Waals surface area contributed by atoms with Crippen LogP contribution in [0, 0.1) is 6.92 Å². The van der Waals surface area contributed by atoms with Gasteiger partial charge in [-0.25, -0.2) is 9.97 Å². The van der Waals surface area contributed by atoms with Gasteiger partial charge < -0.3 is 9.88 Å². The summed E-state index contributed by atoms with van der Waals surface area (Å²) >= 11 is 0. The Balaban J connectivity index is 1.50. The minimum Gasteiger partial charge on any atom is -0.364 e. The lowest BCUT2D eigenvalue weighted by molar-refractivity contribution is 0.462. The summed E-state index contributed by atoms with van der Waals surface area (Å²) in [5.74, 6) is 2.48. The zero-order valence-electron chi connectivity index (χ0n) is 18.8. The number of rotatable bonds is 5. The number of hydrogen-bond acceptors (Lipinski definition) is 5. The zero-order chi connectivity index (χ0) is 22.2. The number of benzene rings is 2. The van der Waals surface area contributed by atoms with Crippen molar-refractivity contribution >= 4 is 22.5 Å². The standard InChI is InChI=1S/C26H27N7/c1-18-30-31-26-24(27-20-12-6-3-7-13-20)28-22(17-32(18)26)25-29-21-14-8-9-15-23(21)33(25)16-19-10-4-2-5-11-19/h2,4-5,8-11,14-15,17,20H,3,6-7,12-13,16H2,1H3,(H,27,28). The predicted molar refractivity (Wildman–Crippen MR) is 130 cm³/mol. The average molecular weight is 438 g/mol. The first-order chi connectivity index (χ1) is 16.3. The third-order valence-corrected chi connectivity index (χ3v) is 6.57. The number of nitrogens with one attached hydrogen (secondary N) is 1. The summed E-state index contributed by atoms with van der Waals surface area (Å²) in [6.45, 7) is 2.70. The first-order valence-electron chi connectivity index (χ1n) is 11.7. The second-order valence-corrected chi connectivity index (χ2v) is 8.89. The summed E-state index contributed by atoms with van der Waals surface area (Å²) in [7, 11) is 0. The lowest BCUT2D eigenvalue weighted by atomic mass is 9.95. The van der Waals surface area contributed by atoms with Gasteiger partial charge in [0, 0.05) is 18.8 Å². The molecule has 3 heterocycles. The summed E-state index contributed by atoms with van der Waals surface area (Å²) in [6, 6.07) is 19.2. The molecule has 1 N–H and O–H groups in total. The highest BCUT2D eigenvalue weighted by Crippen LogP contribution is 2.29. The molecule has 0 spiro atoms. The fraction of sp³-hybridized carbons (Fsp3) is 0.308. The van der Waals surface area contributed by atoms with Crippen LogP contribution in [-0.2, 0) is 6.54 Å². The third kappa shape index (κ3) is 3.73. The molecular formula is C26H27N7. The Hall–Kier alpha value is -3.74. The Kier molecular flexibility index (Phi) is 5.02. The van der Waals surface area contributed by atoms with Crippen LogP contribution in [0.4, 0.5) is 5.82 Å². The second kappa shape index (κ2) is 8.31. The second-order valence-electron chi connectivity index (χ2n) is 8.89. The maximum atomic E-state index is 5.06. The third-order valence-electron chi connectivity index (χ3n) is 6.57. The molecule has 0 aliphatic heterocycles. The van der Waals surface area contributed by atoms with Gasteiger partial charge in [0.05, 0.1) is 11.0 Å². The molecule has 0 amide bonds. The van der Waals surface area contributed by atoms with E-state index in [0.29, 0.717) is 6.04 Å². The van der Waals surface area contributed by atoms with E-state index < -0.39 is 0 Å². The van der Waals surface area contributed by atoms with Gasteiger partial charge in [0.15, 0.2) is 11.6 Å². The molecule has 1 aliphatic carbocycles. The Morgan fingerprint density at radius 1 is 0.909 bits per heavy atom. The molecule has 6 rings (SSSR count). The highest BCUT2D eigenvalue weighted by Gasteiger charge is 2.21. The smallest absolute Gasteiger partial charge is 0.203 e. The minimum absolute atomic E-state index is 0.422. The summed E-state index contributed by atoms with van der Waals surface area (Å²) in [4.78, 5) is 10.1. The van der Waals surface area contributed by atoms with Crippen molar-refractivity contribution in [2.75, 3.05) is 5.32 Å². The van der Waals surface area contributed by atoms with E-state index in [9.17, 15) is 0 Å². The van der Waals surface area contributed by atoms with Crippen LogP contribution in [-0.4, -0.2) is 35.2 Å². The molecule has 0 radical (unpaired) electrons. The fourth-order valence-electron chi connectivity index (χ4n) is 4.85. The molecule has 3 aromatic heterocycles. The highest BCUT2D eigenvalue weighted by atomic mass is 15.3. The Morgan fingerprint density at radius 2 is 1.70 bits per heavy atom. The van der Waals surface area contributed by atoms with Crippen molar-refractivity contribution in [1.29, 1.82) is 0 Å². The number of nitrogens with zero attached hydrogens (tertiary/aromatic N) is 6. The topological polar surface area (TPSA) is 72.9 Å². The number of fused-ring (bicyclic) bond motifs is 2. The van der Waals surface area contributed by atoms with Gasteiger partial charge in [-0.3, -0.25) is 4.40 Å². The van der Waals surface area contributed by atoms with Gasteiger partial charge in [0.1, 0.15) is 11.5 Å². The molecule has 5 aromatic rings. The molecule has 7 nitrogen and oxygen atoms in total. The Bertz CT molecular complexity index is 1410. The Morgan fingerprint density at radius 3 is 2.55 bits per heavy atom. The van der Waals surface area contributed by atoms with Gasteiger partial charge in [0.2, 0.25) is 5.65 Å². The van der Waals surface area contributed by atoms with Crippen molar-refractivity contribution in [3.63, 3.8) is 0 Å². The van der Waals surface area contributed by atoms with Gasteiger partial charge >= 0.3 is 0 Å². The summed E-state index contributed by atoms with van der Waals surface area (Å²) in [6.07, 6.45) is 8.17. The van der Waals surface area contributed by atoms with E-state index in [2.05, 4.69) is 62.5 Å². The molecule has 1 saturated carbocycles. The van der Waals surface area contributed by atoms with Crippen LogP contribution in [0.3, 0.4) is 0 Å². The molecular weight excluding hydrogens is 410 g/mol. The van der Waals surface area contributed by atoms with Crippen LogP contribution < -0.4 is 5.32 Å². The van der Waals surface area contributed by atoms with Crippen molar-refractivity contribution in [3.8, 4) is 11.5 Å². The van der Waals surface area contributed by atoms with E-state index in [1.54, 1.807) is 0 Å². The fourth-order valence-corrected chi connectivity index (χ4v) is 4.85. The SMILES string of the molecule is Cc1nnc2c(NC3CCCCC3)nc(-c3nc4ccccc4n3Cc3ccccc3)cn12. The van der Waals surface area contributed by atoms with E-state index in [1.807, 2.05) is 29.7 Å². The van der Waals surface area contributed by atoms with Crippen LogP contribution in [0.1, 0.15) is 43.5 Å². The lowest BCUT2D eigenvalue weighted by Crippen LogP contribution is -2.23. The number of aryl methyl sites for hydroxylation is 1. The molecule has 2 aromatic carbocycles. The van der Waals surface area contributed by atoms with Crippen molar-refractivity contribution in [2.45, 2.75) is 51.6 Å². The normalized spacial score (nSPS) is 14.8. The molecule has 1 fully saturated rings. The van der Waals surface area contributed by atoms with Crippen LogP contribution in [0.15, 0.2) is 60.8 Å². The molecule has 0 atom stereocenters. The summed E-state index contributed by atoms with van der Waals surface area (Å²) in [5, 5.41) is 12.4. The highest BCUT2D eigenvalue weighted by molar-refractivity contribution is 5.80. The van der Waals surface area contributed by atoms with Crippen molar-refractivity contribution in [2.24, 2.45) is 0 Å². The monoisotopic (exact) mass is 437 g/mol. The number of imidazole rings is 1. The average Bonchev–Trinajstić information content (AvgIpc) is 3.41. The van der Waals surface area contributed by atoms with Crippen LogP contribution in [0.2, 0.25) is 0 Å². The zero-order valence-corrected chi connectivity index (χ0v) is 18.8. The van der Waals surface area contributed by atoms with E-state index in [-0.39, 0.29) is 0 Å². The van der Waals surface area contributed by atoms with E-state index in [4.69, 9.17) is 9.97 Å². The van der Waals surface area contributed by atoms with Gasteiger partial charge in [0.25, 0.3) is 0 Å². The number of anilines is 1. The molecule has 0 saturated heterocycles. The van der Waals surface area contributed by atoms with Gasteiger partial charge in [-0.05, 0) is 37.5 Å². The molecule has 7 heteroatoms. The lowest BCUT2D eigenvalue weighted by Gasteiger charge is -2.23. The summed E-state index contributed by atoms with van der Waals surface area (Å²) in [5.41, 5.74) is 4.88. The van der Waals surface area contributed by atoms with Crippen molar-refractivity contribution in [1.82, 2.24) is 29.1 Å². The molecule has 33 heavy (non-hydrogen) atoms. The van der Waals surface area contributed by atoms with Gasteiger partial charge in [-0.15, -0.1) is 10.2 Å². The minimum atomic E-state index is 0.422. The van der Waals surface area contributed by atoms with Crippen LogP contribution in [0.5, 0.6) is 0 Å². The maximum Gasteiger partial charge on any atom is 0.203 e. The molecule has 0 bridgehead atoms. The largest absolute Gasteiger partial charge is 0.364 e. The van der Waals surface area contributed by atoms with E-state index in [1.165, 1.54) is 24.8 Å². The van der Waals surface area contributed by atoms with Gasteiger partial charge in [-0.1, -0.05) is 61.7 Å². The first kappa shape index (κ1) is 19.9. The van der Waals surface area contributed by atoms with E-state index in [0.717, 1.165) is 59.2 Å². The molecule has 166 valence electrons. The van der Waals surface area contributed by atoms with Gasteiger partial charge in [-0.2, -0.15) is 0 Å². The number of aromatic nitrogens is 6. The van der Waals surface area contributed by atoms with Crippen LogP contribution in [0.25, 0.3) is 28.2 Å². The van der Waals surface area contributed by atoms with E-state index >= 15 is 0 Å². The van der Waals surface area contributed by atoms with Crippen molar-refractivity contribution in [3.05, 3.63) is 72.2 Å². The number of para-hydroxylation sites is 2. The maximum absolute atomic E-state index is 5.06. The molecule has 1 aliphatic rings.